The van der Waals surface area contributed by atoms with Gasteiger partial charge in [0, 0.05) is 49.2 Å². The Morgan fingerprint density at radius 2 is 2.04 bits per heavy atom. The topological polar surface area (TPSA) is 66.6 Å². The molecule has 1 fully saturated rings. The van der Waals surface area contributed by atoms with Crippen molar-refractivity contribution in [3.63, 3.8) is 0 Å². The molecule has 2 N–H and O–H groups in total. The minimum atomic E-state index is -0.334. The Morgan fingerprint density at radius 1 is 1.26 bits per heavy atom. The lowest BCUT2D eigenvalue weighted by atomic mass is 10.1. The molecule has 0 bridgehead atoms. The Bertz CT molecular complexity index is 694. The fraction of sp³-hybridized carbons (Fsp3) is 0.412. The lowest BCUT2D eigenvalue weighted by Crippen LogP contribution is -2.39. The summed E-state index contributed by atoms with van der Waals surface area (Å²) in [6, 6.07) is 10.5. The van der Waals surface area contributed by atoms with Crippen molar-refractivity contribution < 1.29 is 9.59 Å². The van der Waals surface area contributed by atoms with Crippen LogP contribution in [0.25, 0.3) is 10.1 Å². The minimum absolute atomic E-state index is 0.0000351. The molecule has 6 heteroatoms. The molecule has 0 saturated carbocycles. The van der Waals surface area contributed by atoms with Crippen molar-refractivity contribution in [2.24, 2.45) is 11.7 Å². The van der Waals surface area contributed by atoms with Crippen molar-refractivity contribution in [3.05, 3.63) is 35.2 Å². The molecule has 0 aliphatic carbocycles. The maximum Gasteiger partial charge on any atom is 0.223 e. The molecular weight excluding hydrogens is 310 g/mol. The third-order valence-corrected chi connectivity index (χ3v) is 5.41. The van der Waals surface area contributed by atoms with E-state index in [0.717, 1.165) is 13.1 Å². The highest BCUT2D eigenvalue weighted by Crippen LogP contribution is 2.26. The Kier molecular flexibility index (Phi) is 4.63. The molecule has 2 heterocycles. The highest BCUT2D eigenvalue weighted by Gasteiger charge is 2.27. The summed E-state index contributed by atoms with van der Waals surface area (Å²) in [5.41, 5.74) is 5.51. The number of carbonyl (C=O) groups excluding carboxylic acids is 2. The molecule has 23 heavy (non-hydrogen) atoms. The number of hydrogen-bond donors (Lipinski definition) is 1. The number of nitrogens with zero attached hydrogens (tertiary/aromatic N) is 2. The predicted molar refractivity (Wildman–Crippen MR) is 92.0 cm³/mol. The van der Waals surface area contributed by atoms with Crippen LogP contribution in [0.1, 0.15) is 11.8 Å². The largest absolute Gasteiger partial charge is 0.369 e. The van der Waals surface area contributed by atoms with Gasteiger partial charge in [-0.2, -0.15) is 0 Å². The number of rotatable bonds is 3. The van der Waals surface area contributed by atoms with Gasteiger partial charge in [-0.1, -0.05) is 18.2 Å². The Balaban J connectivity index is 1.75. The van der Waals surface area contributed by atoms with Crippen LogP contribution in [-0.2, 0) is 16.1 Å². The number of primary amides is 1. The predicted octanol–water partition coefficient (Wildman–Crippen LogP) is 1.67. The zero-order valence-electron chi connectivity index (χ0n) is 13.2. The molecule has 1 aromatic heterocycles. The van der Waals surface area contributed by atoms with Crippen LogP contribution in [0.3, 0.4) is 0 Å². The van der Waals surface area contributed by atoms with Crippen molar-refractivity contribution in [3.8, 4) is 0 Å². The van der Waals surface area contributed by atoms with E-state index in [4.69, 9.17) is 5.73 Å². The molecule has 3 rings (SSSR count). The molecule has 0 unspecified atom stereocenters. The maximum absolute atomic E-state index is 11.7. The highest BCUT2D eigenvalue weighted by molar-refractivity contribution is 7.19. The van der Waals surface area contributed by atoms with Gasteiger partial charge in [0.2, 0.25) is 11.8 Å². The summed E-state index contributed by atoms with van der Waals surface area (Å²) in [7, 11) is 0. The van der Waals surface area contributed by atoms with Crippen LogP contribution >= 0.6 is 11.3 Å². The molecule has 1 atom stereocenters. The lowest BCUT2D eigenvalue weighted by Gasteiger charge is -2.21. The van der Waals surface area contributed by atoms with E-state index in [1.54, 1.807) is 23.2 Å². The third-order valence-electron chi connectivity index (χ3n) is 4.31. The molecule has 122 valence electrons. The second kappa shape index (κ2) is 6.68. The summed E-state index contributed by atoms with van der Waals surface area (Å²) in [6.07, 6.45) is 0. The molecule has 0 spiro atoms. The molecule has 1 aliphatic rings. The summed E-state index contributed by atoms with van der Waals surface area (Å²) >= 11 is 1.78. The number of fused-ring (bicyclic) bond motifs is 1. The van der Waals surface area contributed by atoms with Crippen molar-refractivity contribution in [1.82, 2.24) is 9.80 Å². The Morgan fingerprint density at radius 3 is 2.74 bits per heavy atom. The van der Waals surface area contributed by atoms with E-state index in [2.05, 4.69) is 23.1 Å². The van der Waals surface area contributed by atoms with Crippen LogP contribution in [0, 0.1) is 5.92 Å². The zero-order chi connectivity index (χ0) is 16.4. The number of carbonyl (C=O) groups is 2. The monoisotopic (exact) mass is 331 g/mol. The standard InChI is InChI=1S/C17H21N3O2S/c1-12(21)20-7-6-19(9-14(10-20)17(18)22)11-15-8-13-4-2-3-5-16(13)23-15/h2-5,8,14H,6-7,9-11H2,1H3,(H2,18,22)/t14-/m1/s1. The van der Waals surface area contributed by atoms with Gasteiger partial charge in [-0.05, 0) is 17.5 Å². The van der Waals surface area contributed by atoms with Crippen LogP contribution in [0.15, 0.2) is 30.3 Å². The summed E-state index contributed by atoms with van der Waals surface area (Å²) in [4.78, 5) is 28.6. The molecule has 1 saturated heterocycles. The van der Waals surface area contributed by atoms with Crippen molar-refractivity contribution >= 4 is 33.2 Å². The molecule has 1 aromatic carbocycles. The fourth-order valence-corrected chi connectivity index (χ4v) is 4.13. The summed E-state index contributed by atoms with van der Waals surface area (Å²) in [5, 5.41) is 1.25. The first-order valence-corrected chi connectivity index (χ1v) is 8.59. The van der Waals surface area contributed by atoms with Crippen LogP contribution in [0.2, 0.25) is 0 Å². The summed E-state index contributed by atoms with van der Waals surface area (Å²) in [5.74, 6) is -0.643. The van der Waals surface area contributed by atoms with Gasteiger partial charge in [0.1, 0.15) is 0 Å². The first-order chi connectivity index (χ1) is 11.0. The van der Waals surface area contributed by atoms with Gasteiger partial charge in [-0.3, -0.25) is 14.5 Å². The molecular formula is C17H21N3O2S. The Hall–Kier alpha value is -1.92. The molecule has 2 amide bonds. The maximum atomic E-state index is 11.7. The van der Waals surface area contributed by atoms with Gasteiger partial charge in [0.05, 0.1) is 5.92 Å². The zero-order valence-corrected chi connectivity index (χ0v) is 14.0. The van der Waals surface area contributed by atoms with Gasteiger partial charge in [0.15, 0.2) is 0 Å². The average Bonchev–Trinajstić information content (AvgIpc) is 2.78. The van der Waals surface area contributed by atoms with E-state index in [9.17, 15) is 9.59 Å². The van der Waals surface area contributed by atoms with Crippen LogP contribution in [0.4, 0.5) is 0 Å². The van der Waals surface area contributed by atoms with Gasteiger partial charge in [-0.25, -0.2) is 0 Å². The van der Waals surface area contributed by atoms with Gasteiger partial charge >= 0.3 is 0 Å². The number of amides is 2. The first-order valence-electron chi connectivity index (χ1n) is 7.77. The SMILES string of the molecule is CC(=O)N1CCN(Cc2cc3ccccc3s2)C[C@@H](C(N)=O)C1. The second-order valence-electron chi connectivity index (χ2n) is 6.05. The van der Waals surface area contributed by atoms with Gasteiger partial charge < -0.3 is 10.6 Å². The quantitative estimate of drug-likeness (QED) is 0.930. The summed E-state index contributed by atoms with van der Waals surface area (Å²) < 4.78 is 1.27. The normalized spacial score (nSPS) is 19.7. The van der Waals surface area contributed by atoms with Gasteiger partial charge in [-0.15, -0.1) is 11.3 Å². The van der Waals surface area contributed by atoms with Crippen LogP contribution in [0.5, 0.6) is 0 Å². The van der Waals surface area contributed by atoms with Crippen molar-refractivity contribution in [2.75, 3.05) is 26.2 Å². The summed E-state index contributed by atoms with van der Waals surface area (Å²) in [6.45, 7) is 4.76. The first kappa shape index (κ1) is 16.0. The number of benzene rings is 1. The average molecular weight is 331 g/mol. The van der Waals surface area contributed by atoms with E-state index in [1.807, 2.05) is 12.1 Å². The highest BCUT2D eigenvalue weighted by atomic mass is 32.1. The van der Waals surface area contributed by atoms with Crippen molar-refractivity contribution in [2.45, 2.75) is 13.5 Å². The lowest BCUT2D eigenvalue weighted by molar-refractivity contribution is -0.130. The molecule has 1 aliphatic heterocycles. The van der Waals surface area contributed by atoms with E-state index in [0.29, 0.717) is 19.6 Å². The minimum Gasteiger partial charge on any atom is -0.369 e. The van der Waals surface area contributed by atoms with E-state index < -0.39 is 0 Å². The van der Waals surface area contributed by atoms with Crippen molar-refractivity contribution in [1.29, 1.82) is 0 Å². The molecule has 2 aromatic rings. The van der Waals surface area contributed by atoms with Gasteiger partial charge in [0.25, 0.3) is 0 Å². The fourth-order valence-electron chi connectivity index (χ4n) is 3.02. The van der Waals surface area contributed by atoms with Crippen LogP contribution < -0.4 is 5.73 Å². The smallest absolute Gasteiger partial charge is 0.223 e. The molecule has 0 radical (unpaired) electrons. The third kappa shape index (κ3) is 3.71. The second-order valence-corrected chi connectivity index (χ2v) is 7.22. The Labute approximate surface area is 139 Å². The van der Waals surface area contributed by atoms with E-state index in [-0.39, 0.29) is 17.7 Å². The molecule has 5 nitrogen and oxygen atoms in total. The number of thiophene rings is 1. The van der Waals surface area contributed by atoms with E-state index >= 15 is 0 Å². The van der Waals surface area contributed by atoms with Crippen LogP contribution in [-0.4, -0.2) is 47.8 Å². The number of nitrogens with two attached hydrogens (primary N) is 1. The number of hydrogen-bond acceptors (Lipinski definition) is 4. The van der Waals surface area contributed by atoms with E-state index in [1.165, 1.54) is 15.0 Å².